The molecular formula is C27H29NO4. The van der Waals surface area contributed by atoms with Crippen LogP contribution in [-0.2, 0) is 32.8 Å². The fourth-order valence-corrected chi connectivity index (χ4v) is 3.53. The SMILES string of the molecule is C#Cc1cc(CO)c(OCc2ccc(CNC(CO)Cc3ccccc3)cc2)c(CO)c1. The third kappa shape index (κ3) is 6.43. The van der Waals surface area contributed by atoms with Gasteiger partial charge in [0, 0.05) is 29.3 Å². The molecule has 0 radical (unpaired) electrons. The maximum absolute atomic E-state index is 9.68. The minimum Gasteiger partial charge on any atom is -0.488 e. The maximum atomic E-state index is 9.68. The van der Waals surface area contributed by atoms with Crippen LogP contribution in [0.25, 0.3) is 0 Å². The van der Waals surface area contributed by atoms with Crippen LogP contribution in [-0.4, -0.2) is 28.0 Å². The van der Waals surface area contributed by atoms with Gasteiger partial charge in [-0.05, 0) is 35.2 Å². The van der Waals surface area contributed by atoms with Gasteiger partial charge in [-0.25, -0.2) is 0 Å². The molecule has 0 amide bonds. The summed E-state index contributed by atoms with van der Waals surface area (Å²) in [6.45, 7) is 0.570. The number of aliphatic hydroxyl groups is 3. The molecule has 1 atom stereocenters. The van der Waals surface area contributed by atoms with Crippen molar-refractivity contribution in [3.63, 3.8) is 0 Å². The number of aliphatic hydroxyl groups excluding tert-OH is 3. The van der Waals surface area contributed by atoms with Crippen molar-refractivity contribution in [3.8, 4) is 18.1 Å². The molecule has 0 spiro atoms. The van der Waals surface area contributed by atoms with E-state index in [1.54, 1.807) is 12.1 Å². The molecule has 0 aliphatic rings. The largest absolute Gasteiger partial charge is 0.488 e. The Kier molecular flexibility index (Phi) is 8.85. The average Bonchev–Trinajstić information content (AvgIpc) is 2.85. The number of rotatable bonds is 11. The van der Waals surface area contributed by atoms with E-state index < -0.39 is 0 Å². The molecule has 0 heterocycles. The summed E-state index contributed by atoms with van der Waals surface area (Å²) in [5.41, 5.74) is 4.95. The molecule has 3 aromatic carbocycles. The third-order valence-electron chi connectivity index (χ3n) is 5.30. The van der Waals surface area contributed by atoms with E-state index in [9.17, 15) is 15.3 Å². The molecule has 0 saturated heterocycles. The van der Waals surface area contributed by atoms with Crippen LogP contribution in [0.15, 0.2) is 66.7 Å². The van der Waals surface area contributed by atoms with E-state index in [1.165, 1.54) is 5.56 Å². The Morgan fingerprint density at radius 1 is 0.844 bits per heavy atom. The molecule has 0 aromatic heterocycles. The lowest BCUT2D eigenvalue weighted by Crippen LogP contribution is -2.34. The van der Waals surface area contributed by atoms with Crippen molar-refractivity contribution in [2.75, 3.05) is 6.61 Å². The molecule has 32 heavy (non-hydrogen) atoms. The first kappa shape index (κ1) is 23.5. The fraction of sp³-hybridized carbons (Fsp3) is 0.259. The minimum atomic E-state index is -0.225. The second-order valence-corrected chi connectivity index (χ2v) is 7.64. The van der Waals surface area contributed by atoms with Gasteiger partial charge in [-0.2, -0.15) is 0 Å². The van der Waals surface area contributed by atoms with E-state index in [-0.39, 0.29) is 25.9 Å². The summed E-state index contributed by atoms with van der Waals surface area (Å²) in [5.74, 6) is 2.99. The monoisotopic (exact) mass is 431 g/mol. The highest BCUT2D eigenvalue weighted by molar-refractivity contribution is 5.49. The highest BCUT2D eigenvalue weighted by Crippen LogP contribution is 2.27. The molecule has 0 aliphatic heterocycles. The Morgan fingerprint density at radius 2 is 1.47 bits per heavy atom. The third-order valence-corrected chi connectivity index (χ3v) is 5.30. The van der Waals surface area contributed by atoms with Crippen molar-refractivity contribution in [2.24, 2.45) is 0 Å². The van der Waals surface area contributed by atoms with E-state index >= 15 is 0 Å². The van der Waals surface area contributed by atoms with Gasteiger partial charge >= 0.3 is 0 Å². The van der Waals surface area contributed by atoms with Gasteiger partial charge in [0.25, 0.3) is 0 Å². The molecule has 166 valence electrons. The lowest BCUT2D eigenvalue weighted by Gasteiger charge is -2.17. The highest BCUT2D eigenvalue weighted by Gasteiger charge is 2.12. The number of nitrogens with one attached hydrogen (secondary N) is 1. The van der Waals surface area contributed by atoms with Gasteiger partial charge < -0.3 is 25.4 Å². The van der Waals surface area contributed by atoms with E-state index in [4.69, 9.17) is 11.2 Å². The first-order chi connectivity index (χ1) is 15.7. The van der Waals surface area contributed by atoms with Crippen LogP contribution in [0.5, 0.6) is 5.75 Å². The van der Waals surface area contributed by atoms with E-state index in [0.29, 0.717) is 35.6 Å². The van der Waals surface area contributed by atoms with Crippen LogP contribution in [0.4, 0.5) is 0 Å². The standard InChI is InChI=1S/C27H29NO4/c1-2-20-12-24(16-29)27(25(13-20)17-30)32-19-23-10-8-22(9-11-23)15-28-26(18-31)14-21-6-4-3-5-7-21/h1,3-13,26,28-31H,14-19H2. The molecule has 3 rings (SSSR count). The van der Waals surface area contributed by atoms with Gasteiger partial charge in [-0.1, -0.05) is 60.5 Å². The smallest absolute Gasteiger partial charge is 0.130 e. The molecular weight excluding hydrogens is 402 g/mol. The molecule has 5 heteroatoms. The predicted molar refractivity (Wildman–Crippen MR) is 125 cm³/mol. The van der Waals surface area contributed by atoms with Gasteiger partial charge in [0.2, 0.25) is 0 Å². The fourth-order valence-electron chi connectivity index (χ4n) is 3.53. The van der Waals surface area contributed by atoms with Crippen LogP contribution in [0, 0.1) is 12.3 Å². The summed E-state index contributed by atoms with van der Waals surface area (Å²) in [4.78, 5) is 0. The Balaban J connectivity index is 1.58. The van der Waals surface area contributed by atoms with Gasteiger partial charge in [-0.15, -0.1) is 6.42 Å². The summed E-state index contributed by atoms with van der Waals surface area (Å²) in [6, 6.07) is 21.5. The summed E-state index contributed by atoms with van der Waals surface area (Å²) >= 11 is 0. The molecule has 0 aliphatic carbocycles. The zero-order valence-corrected chi connectivity index (χ0v) is 18.0. The Morgan fingerprint density at radius 3 is 2.03 bits per heavy atom. The van der Waals surface area contributed by atoms with Crippen molar-refractivity contribution < 1.29 is 20.1 Å². The van der Waals surface area contributed by atoms with Crippen LogP contribution in [0.3, 0.4) is 0 Å². The van der Waals surface area contributed by atoms with Gasteiger partial charge in [0.05, 0.1) is 19.8 Å². The first-order valence-electron chi connectivity index (χ1n) is 10.6. The van der Waals surface area contributed by atoms with Crippen LogP contribution in [0.2, 0.25) is 0 Å². The second kappa shape index (κ2) is 12.0. The van der Waals surface area contributed by atoms with Crippen molar-refractivity contribution in [2.45, 2.75) is 38.8 Å². The zero-order chi connectivity index (χ0) is 22.8. The average molecular weight is 432 g/mol. The zero-order valence-electron chi connectivity index (χ0n) is 18.0. The molecule has 5 nitrogen and oxygen atoms in total. The minimum absolute atomic E-state index is 0.0137. The predicted octanol–water partition coefficient (Wildman–Crippen LogP) is 2.92. The summed E-state index contributed by atoms with van der Waals surface area (Å²) in [5, 5.41) is 32.4. The number of benzene rings is 3. The lowest BCUT2D eigenvalue weighted by molar-refractivity contribution is 0.240. The van der Waals surface area contributed by atoms with Crippen LogP contribution in [0.1, 0.15) is 33.4 Å². The molecule has 0 saturated carbocycles. The van der Waals surface area contributed by atoms with Crippen molar-refractivity contribution in [1.82, 2.24) is 5.32 Å². The van der Waals surface area contributed by atoms with Gasteiger partial charge in [-0.3, -0.25) is 0 Å². The van der Waals surface area contributed by atoms with Crippen molar-refractivity contribution in [1.29, 1.82) is 0 Å². The van der Waals surface area contributed by atoms with Crippen LogP contribution >= 0.6 is 0 Å². The van der Waals surface area contributed by atoms with Crippen LogP contribution < -0.4 is 10.1 Å². The lowest BCUT2D eigenvalue weighted by atomic mass is 10.0. The quantitative estimate of drug-likeness (QED) is 0.351. The maximum Gasteiger partial charge on any atom is 0.130 e. The number of ether oxygens (including phenoxy) is 1. The summed E-state index contributed by atoms with van der Waals surface area (Å²) in [7, 11) is 0. The van der Waals surface area contributed by atoms with E-state index in [2.05, 4.69) is 23.4 Å². The topological polar surface area (TPSA) is 82.0 Å². The summed E-state index contributed by atoms with van der Waals surface area (Å²) < 4.78 is 5.92. The highest BCUT2D eigenvalue weighted by atomic mass is 16.5. The molecule has 1 unspecified atom stereocenters. The molecule has 3 aromatic rings. The Bertz CT molecular complexity index is 1000. The number of hydrogen-bond donors (Lipinski definition) is 4. The first-order valence-corrected chi connectivity index (χ1v) is 10.6. The normalized spacial score (nSPS) is 11.7. The Hall–Kier alpha value is -3.14. The molecule has 0 fully saturated rings. The molecule has 4 N–H and O–H groups in total. The van der Waals surface area contributed by atoms with E-state index in [0.717, 1.165) is 17.5 Å². The summed E-state index contributed by atoms with van der Waals surface area (Å²) in [6.07, 6.45) is 6.21. The van der Waals surface area contributed by atoms with Gasteiger partial charge in [0.1, 0.15) is 12.4 Å². The molecule has 0 bridgehead atoms. The van der Waals surface area contributed by atoms with Crippen molar-refractivity contribution in [3.05, 3.63) is 100 Å². The number of terminal acetylenes is 1. The van der Waals surface area contributed by atoms with Crippen molar-refractivity contribution >= 4 is 0 Å². The Labute approximate surface area is 189 Å². The second-order valence-electron chi connectivity index (χ2n) is 7.64. The van der Waals surface area contributed by atoms with E-state index in [1.807, 2.05) is 42.5 Å². The van der Waals surface area contributed by atoms with Gasteiger partial charge in [0.15, 0.2) is 0 Å². The number of hydrogen-bond acceptors (Lipinski definition) is 5.